The Morgan fingerprint density at radius 2 is 1.97 bits per heavy atom. The molecule has 1 saturated heterocycles. The number of rotatable bonds is 6. The number of hydrogen-bond donors (Lipinski definition) is 0. The number of methoxy groups -OCH3 is 1. The average molecular weight is 418 g/mol. The first-order valence-corrected chi connectivity index (χ1v) is 11.7. The Kier molecular flexibility index (Phi) is 5.53. The molecule has 0 aromatic heterocycles. The normalized spacial score (nSPS) is 22.3. The molecule has 3 aliphatic rings. The van der Waals surface area contributed by atoms with Crippen LogP contribution in [0.4, 0.5) is 0 Å². The second-order valence-electron chi connectivity index (χ2n) is 9.33. The third-order valence-corrected chi connectivity index (χ3v) is 7.49. The Morgan fingerprint density at radius 1 is 1.13 bits per heavy atom. The third-order valence-electron chi connectivity index (χ3n) is 7.49. The number of fused-ring (bicyclic) bond motifs is 5. The molecule has 1 fully saturated rings. The van der Waals surface area contributed by atoms with Gasteiger partial charge in [0, 0.05) is 37.1 Å². The number of carbonyl (C=O) groups is 2. The van der Waals surface area contributed by atoms with Crippen molar-refractivity contribution in [2.45, 2.75) is 57.5 Å². The largest absolute Gasteiger partial charge is 0.380 e. The molecule has 2 aliphatic carbocycles. The molecule has 2 unspecified atom stereocenters. The maximum absolute atomic E-state index is 12.4. The van der Waals surface area contributed by atoms with Gasteiger partial charge in [0.15, 0.2) is 11.6 Å². The second kappa shape index (κ2) is 8.33. The van der Waals surface area contributed by atoms with Gasteiger partial charge in [-0.3, -0.25) is 9.59 Å². The van der Waals surface area contributed by atoms with E-state index in [2.05, 4.69) is 23.1 Å². The van der Waals surface area contributed by atoms with Gasteiger partial charge >= 0.3 is 0 Å². The smallest absolute Gasteiger partial charge is 0.163 e. The van der Waals surface area contributed by atoms with Crippen LogP contribution in [0.25, 0.3) is 11.1 Å². The van der Waals surface area contributed by atoms with Crippen molar-refractivity contribution in [2.75, 3.05) is 26.7 Å². The van der Waals surface area contributed by atoms with Crippen LogP contribution in [0.15, 0.2) is 30.3 Å². The maximum Gasteiger partial charge on any atom is 0.163 e. The minimum absolute atomic E-state index is 0.0919. The van der Waals surface area contributed by atoms with E-state index in [0.29, 0.717) is 18.4 Å². The van der Waals surface area contributed by atoms with E-state index in [4.69, 9.17) is 4.74 Å². The fourth-order valence-corrected chi connectivity index (χ4v) is 5.87. The minimum atomic E-state index is 0.0919. The summed E-state index contributed by atoms with van der Waals surface area (Å²) >= 11 is 0. The van der Waals surface area contributed by atoms with Crippen LogP contribution in [-0.4, -0.2) is 49.3 Å². The molecule has 0 radical (unpaired) electrons. The van der Waals surface area contributed by atoms with Crippen molar-refractivity contribution in [3.63, 3.8) is 0 Å². The fourth-order valence-electron chi connectivity index (χ4n) is 5.87. The van der Waals surface area contributed by atoms with E-state index in [9.17, 15) is 9.59 Å². The molecule has 31 heavy (non-hydrogen) atoms. The van der Waals surface area contributed by atoms with Crippen LogP contribution >= 0.6 is 0 Å². The summed E-state index contributed by atoms with van der Waals surface area (Å²) in [7, 11) is 1.82. The summed E-state index contributed by atoms with van der Waals surface area (Å²) < 4.78 is 5.58. The van der Waals surface area contributed by atoms with Crippen LogP contribution in [0.3, 0.4) is 0 Å². The standard InChI is InChI=1S/C27H31NO3/c1-17(29)18-7-8-21-20(6-4-14-28-13-3-5-19(16-28)31-2)23-10-9-22-24(11-12-26(22)30)27(23)25(21)15-18/h7-10,15,19-20H,3-6,11-14,16H2,1-2H3. The van der Waals surface area contributed by atoms with Gasteiger partial charge in [0.25, 0.3) is 0 Å². The predicted octanol–water partition coefficient (Wildman–Crippen LogP) is 5.02. The summed E-state index contributed by atoms with van der Waals surface area (Å²) in [5.74, 6) is 0.688. The average Bonchev–Trinajstić information content (AvgIpc) is 3.31. The Morgan fingerprint density at radius 3 is 2.77 bits per heavy atom. The highest BCUT2D eigenvalue weighted by Gasteiger charge is 2.34. The lowest BCUT2D eigenvalue weighted by Gasteiger charge is -2.32. The zero-order valence-electron chi connectivity index (χ0n) is 18.6. The molecular formula is C27H31NO3. The lowest BCUT2D eigenvalue weighted by atomic mass is 9.90. The van der Waals surface area contributed by atoms with Gasteiger partial charge in [0.2, 0.25) is 0 Å². The summed E-state index contributed by atoms with van der Waals surface area (Å²) in [6, 6.07) is 10.4. The van der Waals surface area contributed by atoms with E-state index in [0.717, 1.165) is 50.0 Å². The lowest BCUT2D eigenvalue weighted by molar-refractivity contribution is 0.0308. The van der Waals surface area contributed by atoms with Gasteiger partial charge in [0.1, 0.15) is 0 Å². The van der Waals surface area contributed by atoms with Gasteiger partial charge < -0.3 is 9.64 Å². The van der Waals surface area contributed by atoms with Crippen molar-refractivity contribution in [1.82, 2.24) is 4.90 Å². The van der Waals surface area contributed by atoms with Crippen LogP contribution < -0.4 is 0 Å². The van der Waals surface area contributed by atoms with E-state index < -0.39 is 0 Å². The van der Waals surface area contributed by atoms with Gasteiger partial charge in [-0.15, -0.1) is 0 Å². The van der Waals surface area contributed by atoms with Gasteiger partial charge in [-0.1, -0.05) is 24.3 Å². The predicted molar refractivity (Wildman–Crippen MR) is 122 cm³/mol. The summed E-state index contributed by atoms with van der Waals surface area (Å²) in [6.45, 7) is 4.91. The highest BCUT2D eigenvalue weighted by Crippen LogP contribution is 2.50. The summed E-state index contributed by atoms with van der Waals surface area (Å²) in [5, 5.41) is 0. The lowest BCUT2D eigenvalue weighted by Crippen LogP contribution is -2.39. The van der Waals surface area contributed by atoms with Crippen molar-refractivity contribution < 1.29 is 14.3 Å². The first-order chi connectivity index (χ1) is 15.1. The van der Waals surface area contributed by atoms with E-state index in [1.807, 2.05) is 19.2 Å². The van der Waals surface area contributed by atoms with Crippen LogP contribution in [0.2, 0.25) is 0 Å². The van der Waals surface area contributed by atoms with E-state index in [-0.39, 0.29) is 11.6 Å². The topological polar surface area (TPSA) is 46.6 Å². The SMILES string of the molecule is COC1CCCN(CCCC2c3ccc(C(C)=O)cc3-c3c2ccc2c3CCC2=O)C1. The first-order valence-electron chi connectivity index (χ1n) is 11.7. The molecule has 5 rings (SSSR count). The monoisotopic (exact) mass is 417 g/mol. The number of likely N-dealkylation sites (tertiary alicyclic amines) is 1. The number of Topliss-reactive ketones (excluding diaryl/α,β-unsaturated/α-hetero) is 2. The molecule has 0 bridgehead atoms. The molecule has 4 nitrogen and oxygen atoms in total. The van der Waals surface area contributed by atoms with E-state index in [1.165, 1.54) is 40.7 Å². The molecule has 0 saturated carbocycles. The van der Waals surface area contributed by atoms with Gasteiger partial charge in [0.05, 0.1) is 6.10 Å². The molecule has 1 heterocycles. The molecule has 0 spiro atoms. The van der Waals surface area contributed by atoms with Crippen molar-refractivity contribution in [1.29, 1.82) is 0 Å². The van der Waals surface area contributed by atoms with E-state index >= 15 is 0 Å². The Hall–Kier alpha value is -2.30. The molecule has 4 heteroatoms. The number of piperidine rings is 1. The molecule has 2 aromatic carbocycles. The summed E-state index contributed by atoms with van der Waals surface area (Å²) in [4.78, 5) is 27.0. The first kappa shape index (κ1) is 20.6. The molecule has 0 amide bonds. The van der Waals surface area contributed by atoms with Crippen LogP contribution in [-0.2, 0) is 11.2 Å². The number of benzene rings is 2. The maximum atomic E-state index is 12.4. The number of nitrogens with zero attached hydrogens (tertiary/aromatic N) is 1. The van der Waals surface area contributed by atoms with Crippen LogP contribution in [0.5, 0.6) is 0 Å². The van der Waals surface area contributed by atoms with Gasteiger partial charge in [-0.05, 0) is 86.0 Å². The number of ether oxygens (including phenoxy) is 1. The highest BCUT2D eigenvalue weighted by atomic mass is 16.5. The fraction of sp³-hybridized carbons (Fsp3) is 0.481. The van der Waals surface area contributed by atoms with Gasteiger partial charge in [-0.25, -0.2) is 0 Å². The number of carbonyl (C=O) groups excluding carboxylic acids is 2. The molecule has 2 aromatic rings. The van der Waals surface area contributed by atoms with Crippen molar-refractivity contribution >= 4 is 11.6 Å². The number of hydrogen-bond acceptors (Lipinski definition) is 4. The number of ketones is 2. The Balaban J connectivity index is 1.43. The van der Waals surface area contributed by atoms with Crippen molar-refractivity contribution in [3.8, 4) is 11.1 Å². The molecule has 2 atom stereocenters. The highest BCUT2D eigenvalue weighted by molar-refractivity contribution is 6.04. The second-order valence-corrected chi connectivity index (χ2v) is 9.33. The third kappa shape index (κ3) is 3.66. The Bertz CT molecular complexity index is 1040. The molecule has 0 N–H and O–H groups in total. The Labute approximate surface area is 184 Å². The van der Waals surface area contributed by atoms with Crippen LogP contribution in [0, 0.1) is 0 Å². The van der Waals surface area contributed by atoms with Crippen molar-refractivity contribution in [3.05, 3.63) is 58.1 Å². The molecular weight excluding hydrogens is 386 g/mol. The molecule has 162 valence electrons. The van der Waals surface area contributed by atoms with Gasteiger partial charge in [-0.2, -0.15) is 0 Å². The van der Waals surface area contributed by atoms with Crippen LogP contribution in [0.1, 0.15) is 82.4 Å². The summed E-state index contributed by atoms with van der Waals surface area (Å²) in [5.41, 5.74) is 7.92. The van der Waals surface area contributed by atoms with E-state index in [1.54, 1.807) is 6.92 Å². The zero-order valence-corrected chi connectivity index (χ0v) is 18.6. The summed E-state index contributed by atoms with van der Waals surface area (Å²) in [6.07, 6.45) is 6.38. The van der Waals surface area contributed by atoms with Crippen molar-refractivity contribution in [2.24, 2.45) is 0 Å². The minimum Gasteiger partial charge on any atom is -0.380 e. The quantitative estimate of drug-likeness (QED) is 0.619. The zero-order chi connectivity index (χ0) is 21.5. The molecule has 1 aliphatic heterocycles.